The van der Waals surface area contributed by atoms with Crippen molar-refractivity contribution in [2.75, 3.05) is 24.5 Å². The Balaban J connectivity index is 1.67. The molecule has 0 bridgehead atoms. The molecule has 0 saturated carbocycles. The van der Waals surface area contributed by atoms with Crippen molar-refractivity contribution in [3.05, 3.63) is 29.8 Å². The molecule has 3 atom stereocenters. The van der Waals surface area contributed by atoms with Crippen LogP contribution in [0.1, 0.15) is 44.7 Å². The summed E-state index contributed by atoms with van der Waals surface area (Å²) in [4.78, 5) is 28.1. The van der Waals surface area contributed by atoms with Crippen molar-refractivity contribution in [2.45, 2.75) is 51.3 Å². The van der Waals surface area contributed by atoms with E-state index in [0.717, 1.165) is 18.7 Å². The highest BCUT2D eigenvalue weighted by atomic mass is 16.3. The highest BCUT2D eigenvalue weighted by molar-refractivity contribution is 5.87. The lowest BCUT2D eigenvalue weighted by molar-refractivity contribution is -0.137. The minimum absolute atomic E-state index is 0.151. The van der Waals surface area contributed by atoms with Gasteiger partial charge in [-0.15, -0.1) is 0 Å². The maximum absolute atomic E-state index is 12.6. The van der Waals surface area contributed by atoms with Gasteiger partial charge in [0.25, 0.3) is 0 Å². The van der Waals surface area contributed by atoms with E-state index in [4.69, 9.17) is 0 Å². The number of rotatable bonds is 4. The van der Waals surface area contributed by atoms with Crippen LogP contribution in [0.4, 0.5) is 5.69 Å². The van der Waals surface area contributed by atoms with Crippen LogP contribution in [0.5, 0.6) is 0 Å². The van der Waals surface area contributed by atoms with Crippen LogP contribution in [-0.2, 0) is 9.59 Å². The molecule has 6 nitrogen and oxygen atoms in total. The van der Waals surface area contributed by atoms with Gasteiger partial charge < -0.3 is 20.2 Å². The second-order valence-electron chi connectivity index (χ2n) is 7.10. The first-order valence-electron chi connectivity index (χ1n) is 9.06. The molecule has 0 radical (unpaired) electrons. The van der Waals surface area contributed by atoms with E-state index in [1.165, 1.54) is 30.4 Å². The Morgan fingerprint density at radius 1 is 1.28 bits per heavy atom. The first-order valence-corrected chi connectivity index (χ1v) is 9.06. The summed E-state index contributed by atoms with van der Waals surface area (Å²) in [5.41, 5.74) is 2.24. The van der Waals surface area contributed by atoms with Crippen molar-refractivity contribution in [2.24, 2.45) is 0 Å². The number of likely N-dealkylation sites (tertiary alicyclic amines) is 1. The van der Waals surface area contributed by atoms with E-state index in [-0.39, 0.29) is 24.4 Å². The second kappa shape index (κ2) is 7.44. The van der Waals surface area contributed by atoms with Gasteiger partial charge in [0.1, 0.15) is 6.04 Å². The van der Waals surface area contributed by atoms with E-state index in [1.807, 2.05) is 19.1 Å². The number of hydrogen-bond donors (Lipinski definition) is 2. The zero-order valence-electron chi connectivity index (χ0n) is 14.9. The summed E-state index contributed by atoms with van der Waals surface area (Å²) in [6.07, 6.45) is 2.11. The molecule has 2 N–H and O–H groups in total. The molecule has 2 heterocycles. The second-order valence-corrected chi connectivity index (χ2v) is 7.10. The van der Waals surface area contributed by atoms with Crippen molar-refractivity contribution in [1.82, 2.24) is 10.2 Å². The third-order valence-electron chi connectivity index (χ3n) is 5.19. The highest BCUT2D eigenvalue weighted by Crippen LogP contribution is 2.25. The van der Waals surface area contributed by atoms with Gasteiger partial charge >= 0.3 is 0 Å². The van der Waals surface area contributed by atoms with Gasteiger partial charge in [0.05, 0.1) is 12.1 Å². The number of β-amino-alcohol motifs (C(OH)–C–C–N with tert-alkyl or cyclic N) is 1. The predicted octanol–water partition coefficient (Wildman–Crippen LogP) is 1.45. The molecule has 0 spiro atoms. The van der Waals surface area contributed by atoms with Crippen LogP contribution in [0.25, 0.3) is 0 Å². The minimum atomic E-state index is -0.631. The fourth-order valence-corrected chi connectivity index (χ4v) is 3.77. The third kappa shape index (κ3) is 3.95. The van der Waals surface area contributed by atoms with Crippen molar-refractivity contribution in [3.63, 3.8) is 0 Å². The van der Waals surface area contributed by atoms with Crippen LogP contribution in [-0.4, -0.2) is 53.6 Å². The Bertz CT molecular complexity index is 643. The smallest absolute Gasteiger partial charge is 0.243 e. The third-order valence-corrected chi connectivity index (χ3v) is 5.19. The molecule has 6 heteroatoms. The first kappa shape index (κ1) is 17.7. The molecule has 2 aliphatic rings. The zero-order chi connectivity index (χ0) is 18.0. The van der Waals surface area contributed by atoms with Gasteiger partial charge in [-0.3, -0.25) is 9.59 Å². The first-order chi connectivity index (χ1) is 12.0. The summed E-state index contributed by atoms with van der Waals surface area (Å²) in [5.74, 6) is -0.383. The van der Waals surface area contributed by atoms with Crippen molar-refractivity contribution >= 4 is 17.5 Å². The van der Waals surface area contributed by atoms with Crippen LogP contribution in [0.3, 0.4) is 0 Å². The lowest BCUT2D eigenvalue weighted by Gasteiger charge is -2.25. The van der Waals surface area contributed by atoms with Crippen LogP contribution in [0.15, 0.2) is 24.3 Å². The van der Waals surface area contributed by atoms with E-state index < -0.39 is 12.1 Å². The van der Waals surface area contributed by atoms with Gasteiger partial charge in [0.2, 0.25) is 11.8 Å². The number of carbonyl (C=O) groups is 2. The summed E-state index contributed by atoms with van der Waals surface area (Å²) in [5, 5.41) is 12.8. The van der Waals surface area contributed by atoms with Gasteiger partial charge in [-0.25, -0.2) is 0 Å². The van der Waals surface area contributed by atoms with E-state index in [9.17, 15) is 14.7 Å². The van der Waals surface area contributed by atoms with Crippen LogP contribution in [0.2, 0.25) is 0 Å². The van der Waals surface area contributed by atoms with E-state index >= 15 is 0 Å². The van der Waals surface area contributed by atoms with Crippen LogP contribution < -0.4 is 10.2 Å². The summed E-state index contributed by atoms with van der Waals surface area (Å²) in [6, 6.07) is 7.53. The molecule has 2 saturated heterocycles. The molecule has 25 heavy (non-hydrogen) atoms. The fourth-order valence-electron chi connectivity index (χ4n) is 3.77. The van der Waals surface area contributed by atoms with Gasteiger partial charge in [0, 0.05) is 38.7 Å². The van der Waals surface area contributed by atoms with Crippen LogP contribution >= 0.6 is 0 Å². The number of nitrogens with zero attached hydrogens (tertiary/aromatic N) is 2. The molecule has 2 fully saturated rings. The molecule has 0 aromatic heterocycles. The van der Waals surface area contributed by atoms with Gasteiger partial charge in [-0.2, -0.15) is 0 Å². The Morgan fingerprint density at radius 3 is 2.68 bits per heavy atom. The molecule has 0 aliphatic carbocycles. The number of carbonyl (C=O) groups excluding carboxylic acids is 2. The summed E-state index contributed by atoms with van der Waals surface area (Å²) >= 11 is 0. The fraction of sp³-hybridized carbons (Fsp3) is 0.579. The molecule has 0 unspecified atom stereocenters. The zero-order valence-corrected chi connectivity index (χ0v) is 14.9. The van der Waals surface area contributed by atoms with E-state index in [2.05, 4.69) is 22.3 Å². The topological polar surface area (TPSA) is 72.9 Å². The quantitative estimate of drug-likeness (QED) is 0.866. The van der Waals surface area contributed by atoms with Gasteiger partial charge in [-0.1, -0.05) is 12.1 Å². The largest absolute Gasteiger partial charge is 0.391 e. The Labute approximate surface area is 148 Å². The number of benzene rings is 1. The minimum Gasteiger partial charge on any atom is -0.391 e. The average Bonchev–Trinajstić information content (AvgIpc) is 3.24. The molecule has 1 aromatic rings. The van der Waals surface area contributed by atoms with Crippen molar-refractivity contribution in [3.8, 4) is 0 Å². The predicted molar refractivity (Wildman–Crippen MR) is 96.2 cm³/mol. The SMILES string of the molecule is CC(=O)N1C[C@@H](O)C[C@@H]1C(=O)N[C@@H](C)c1cccc(N2CCCC2)c1. The maximum Gasteiger partial charge on any atom is 0.243 e. The number of anilines is 1. The normalized spacial score (nSPS) is 24.4. The Kier molecular flexibility index (Phi) is 5.27. The van der Waals surface area contributed by atoms with E-state index in [0.29, 0.717) is 6.42 Å². The van der Waals surface area contributed by atoms with E-state index in [1.54, 1.807) is 0 Å². The lowest BCUT2D eigenvalue weighted by atomic mass is 10.1. The molecule has 2 amide bonds. The molecular formula is C19H27N3O3. The molecule has 136 valence electrons. The Hall–Kier alpha value is -2.08. The number of hydrogen-bond acceptors (Lipinski definition) is 4. The number of nitrogens with one attached hydrogen (secondary N) is 1. The monoisotopic (exact) mass is 345 g/mol. The van der Waals surface area contributed by atoms with Crippen molar-refractivity contribution < 1.29 is 14.7 Å². The molecule has 1 aromatic carbocycles. The maximum atomic E-state index is 12.6. The number of amides is 2. The Morgan fingerprint density at radius 2 is 2.00 bits per heavy atom. The number of aliphatic hydroxyl groups is 1. The van der Waals surface area contributed by atoms with Crippen molar-refractivity contribution in [1.29, 1.82) is 0 Å². The average molecular weight is 345 g/mol. The summed E-state index contributed by atoms with van der Waals surface area (Å²) in [6.45, 7) is 5.77. The standard InChI is InChI=1S/C19H27N3O3/c1-13(15-6-5-7-16(10-15)21-8-3-4-9-21)20-19(25)18-11-17(24)12-22(18)14(2)23/h5-7,10,13,17-18,24H,3-4,8-9,11-12H2,1-2H3,(H,20,25)/t13-,17-,18+/m0/s1. The molecular weight excluding hydrogens is 318 g/mol. The summed E-state index contributed by atoms with van der Waals surface area (Å²) in [7, 11) is 0. The lowest BCUT2D eigenvalue weighted by Crippen LogP contribution is -2.45. The number of aliphatic hydroxyl groups excluding tert-OH is 1. The summed E-state index contributed by atoms with van der Waals surface area (Å²) < 4.78 is 0. The molecule has 2 aliphatic heterocycles. The van der Waals surface area contributed by atoms with Crippen LogP contribution in [0, 0.1) is 0 Å². The van der Waals surface area contributed by atoms with Gasteiger partial charge in [-0.05, 0) is 37.5 Å². The highest BCUT2D eigenvalue weighted by Gasteiger charge is 2.37. The van der Waals surface area contributed by atoms with Gasteiger partial charge in [0.15, 0.2) is 0 Å². The molecule has 3 rings (SSSR count).